The number of carbonyl (C=O) groups excluding carboxylic acids is 2. The molecule has 5 heteroatoms. The quantitative estimate of drug-likeness (QED) is 0.822. The predicted octanol–water partition coefficient (Wildman–Crippen LogP) is 2.91. The fourth-order valence-corrected chi connectivity index (χ4v) is 2.64. The lowest BCUT2D eigenvalue weighted by atomic mass is 10.2. The van der Waals surface area contributed by atoms with Gasteiger partial charge in [-0.2, -0.15) is 0 Å². The number of likely N-dealkylation sites (tertiary alicyclic amines) is 1. The van der Waals surface area contributed by atoms with Crippen molar-refractivity contribution in [2.45, 2.75) is 39.0 Å². The summed E-state index contributed by atoms with van der Waals surface area (Å²) in [6.45, 7) is 4.14. The zero-order valence-electron chi connectivity index (χ0n) is 13.2. The monoisotopic (exact) mass is 303 g/mol. The number of anilines is 1. The van der Waals surface area contributed by atoms with Crippen molar-refractivity contribution < 1.29 is 9.59 Å². The van der Waals surface area contributed by atoms with E-state index < -0.39 is 0 Å². The molecule has 22 heavy (non-hydrogen) atoms. The third-order valence-corrected chi connectivity index (χ3v) is 3.84. The molecule has 120 valence electrons. The summed E-state index contributed by atoms with van der Waals surface area (Å²) < 4.78 is 0. The van der Waals surface area contributed by atoms with Crippen molar-refractivity contribution in [1.82, 2.24) is 10.2 Å². The third-order valence-electron chi connectivity index (χ3n) is 3.84. The predicted molar refractivity (Wildman–Crippen MR) is 87.9 cm³/mol. The first-order chi connectivity index (χ1) is 10.6. The highest BCUT2D eigenvalue weighted by molar-refractivity contribution is 5.89. The molecular weight excluding hydrogens is 278 g/mol. The first kappa shape index (κ1) is 16.3. The van der Waals surface area contributed by atoms with E-state index in [1.165, 1.54) is 0 Å². The highest BCUT2D eigenvalue weighted by Gasteiger charge is 2.15. The van der Waals surface area contributed by atoms with E-state index in [0.29, 0.717) is 13.0 Å². The highest BCUT2D eigenvalue weighted by Crippen LogP contribution is 2.11. The summed E-state index contributed by atoms with van der Waals surface area (Å²) in [4.78, 5) is 25.6. The average Bonchev–Trinajstić information content (AvgIpc) is 2.68. The van der Waals surface area contributed by atoms with Crippen LogP contribution in [0.5, 0.6) is 0 Å². The number of nitrogens with one attached hydrogen (secondary N) is 2. The molecule has 1 heterocycles. The van der Waals surface area contributed by atoms with Crippen LogP contribution < -0.4 is 10.6 Å². The van der Waals surface area contributed by atoms with Gasteiger partial charge in [0.1, 0.15) is 0 Å². The van der Waals surface area contributed by atoms with Crippen LogP contribution in [0.2, 0.25) is 0 Å². The summed E-state index contributed by atoms with van der Waals surface area (Å²) in [5, 5.41) is 5.64. The van der Waals surface area contributed by atoms with E-state index in [-0.39, 0.29) is 11.9 Å². The molecule has 0 aliphatic carbocycles. The topological polar surface area (TPSA) is 61.4 Å². The van der Waals surface area contributed by atoms with Crippen LogP contribution in [0, 0.1) is 6.92 Å². The number of benzene rings is 1. The Morgan fingerprint density at radius 2 is 2.14 bits per heavy atom. The molecular formula is C17H25N3O2. The van der Waals surface area contributed by atoms with Gasteiger partial charge in [0.05, 0.1) is 0 Å². The number of carbonyl (C=O) groups is 2. The molecule has 1 saturated heterocycles. The Bertz CT molecular complexity index is 516. The minimum atomic E-state index is -0.201. The zero-order valence-corrected chi connectivity index (χ0v) is 13.2. The molecule has 0 spiro atoms. The lowest BCUT2D eigenvalue weighted by Crippen LogP contribution is -2.35. The van der Waals surface area contributed by atoms with Gasteiger partial charge in [-0.3, -0.25) is 4.79 Å². The van der Waals surface area contributed by atoms with Gasteiger partial charge < -0.3 is 15.5 Å². The number of amides is 3. The van der Waals surface area contributed by atoms with E-state index in [4.69, 9.17) is 0 Å². The second kappa shape index (κ2) is 8.41. The van der Waals surface area contributed by atoms with E-state index in [1.807, 2.05) is 36.1 Å². The van der Waals surface area contributed by atoms with Gasteiger partial charge in [0.2, 0.25) is 5.91 Å². The van der Waals surface area contributed by atoms with Crippen LogP contribution >= 0.6 is 0 Å². The average molecular weight is 303 g/mol. The Labute approximate surface area is 132 Å². The Morgan fingerprint density at radius 3 is 2.95 bits per heavy atom. The van der Waals surface area contributed by atoms with Gasteiger partial charge in [0.15, 0.2) is 0 Å². The molecule has 5 nitrogen and oxygen atoms in total. The van der Waals surface area contributed by atoms with Crippen molar-refractivity contribution in [3.05, 3.63) is 29.8 Å². The second-order valence-corrected chi connectivity index (χ2v) is 5.80. The summed E-state index contributed by atoms with van der Waals surface area (Å²) in [5.74, 6) is 0.252. The smallest absolute Gasteiger partial charge is 0.319 e. The highest BCUT2D eigenvalue weighted by atomic mass is 16.2. The molecule has 1 aromatic carbocycles. The maximum Gasteiger partial charge on any atom is 0.319 e. The molecule has 0 radical (unpaired) electrons. The maximum absolute atomic E-state index is 11.8. The fourth-order valence-electron chi connectivity index (χ4n) is 2.64. The lowest BCUT2D eigenvalue weighted by Gasteiger charge is -2.20. The molecule has 1 aliphatic heterocycles. The van der Waals surface area contributed by atoms with Crippen LogP contribution in [0.25, 0.3) is 0 Å². The largest absolute Gasteiger partial charge is 0.343 e. The van der Waals surface area contributed by atoms with E-state index in [9.17, 15) is 9.59 Å². The summed E-state index contributed by atoms with van der Waals surface area (Å²) in [6, 6.07) is 7.49. The minimum absolute atomic E-state index is 0.201. The summed E-state index contributed by atoms with van der Waals surface area (Å²) in [7, 11) is 0. The van der Waals surface area contributed by atoms with Gasteiger partial charge >= 0.3 is 6.03 Å². The maximum atomic E-state index is 11.8. The first-order valence-corrected chi connectivity index (χ1v) is 8.04. The third kappa shape index (κ3) is 5.39. The van der Waals surface area contributed by atoms with Crippen LogP contribution in [-0.4, -0.2) is 36.5 Å². The van der Waals surface area contributed by atoms with Gasteiger partial charge in [-0.05, 0) is 43.9 Å². The van der Waals surface area contributed by atoms with Crippen LogP contribution in [-0.2, 0) is 4.79 Å². The molecule has 0 atom stereocenters. The fraction of sp³-hybridized carbons (Fsp3) is 0.529. The van der Waals surface area contributed by atoms with Gasteiger partial charge in [-0.1, -0.05) is 18.6 Å². The van der Waals surface area contributed by atoms with E-state index in [2.05, 4.69) is 10.6 Å². The van der Waals surface area contributed by atoms with Crippen LogP contribution in [0.1, 0.15) is 37.7 Å². The molecule has 1 aliphatic rings. The molecule has 1 aromatic rings. The van der Waals surface area contributed by atoms with Crippen molar-refractivity contribution in [3.63, 3.8) is 0 Å². The Balaban J connectivity index is 1.65. The Morgan fingerprint density at radius 1 is 1.27 bits per heavy atom. The van der Waals surface area contributed by atoms with E-state index in [0.717, 1.165) is 50.0 Å². The number of aryl methyl sites for hydroxylation is 1. The lowest BCUT2D eigenvalue weighted by molar-refractivity contribution is -0.130. The molecule has 0 saturated carbocycles. The number of hydrogen-bond donors (Lipinski definition) is 2. The molecule has 2 rings (SSSR count). The number of nitrogens with zero attached hydrogens (tertiary/aromatic N) is 1. The molecule has 0 unspecified atom stereocenters. The van der Waals surface area contributed by atoms with Gasteiger partial charge in [0, 0.05) is 31.7 Å². The Kier molecular flexibility index (Phi) is 6.25. The van der Waals surface area contributed by atoms with Crippen molar-refractivity contribution in [3.8, 4) is 0 Å². The van der Waals surface area contributed by atoms with E-state index >= 15 is 0 Å². The first-order valence-electron chi connectivity index (χ1n) is 8.04. The van der Waals surface area contributed by atoms with Crippen molar-refractivity contribution >= 4 is 17.6 Å². The second-order valence-electron chi connectivity index (χ2n) is 5.80. The number of rotatable bonds is 5. The standard InChI is InChI=1S/C17H25N3O2/c1-14-7-5-8-15(13-14)19-17(22)18-10-6-12-20-11-4-2-3-9-16(20)21/h5,7-8,13H,2-4,6,9-12H2,1H3,(H2,18,19,22). The summed E-state index contributed by atoms with van der Waals surface area (Å²) >= 11 is 0. The zero-order chi connectivity index (χ0) is 15.8. The van der Waals surface area contributed by atoms with E-state index in [1.54, 1.807) is 0 Å². The molecule has 3 amide bonds. The minimum Gasteiger partial charge on any atom is -0.343 e. The molecule has 2 N–H and O–H groups in total. The van der Waals surface area contributed by atoms with Crippen molar-refractivity contribution in [2.24, 2.45) is 0 Å². The van der Waals surface area contributed by atoms with Gasteiger partial charge in [0.25, 0.3) is 0 Å². The van der Waals surface area contributed by atoms with Gasteiger partial charge in [-0.25, -0.2) is 4.79 Å². The van der Waals surface area contributed by atoms with Crippen LogP contribution in [0.3, 0.4) is 0 Å². The van der Waals surface area contributed by atoms with Crippen molar-refractivity contribution in [2.75, 3.05) is 25.0 Å². The normalized spacial score (nSPS) is 15.3. The molecule has 1 fully saturated rings. The summed E-state index contributed by atoms with van der Waals surface area (Å²) in [5.41, 5.74) is 1.90. The van der Waals surface area contributed by atoms with Crippen LogP contribution in [0.4, 0.5) is 10.5 Å². The van der Waals surface area contributed by atoms with Crippen LogP contribution in [0.15, 0.2) is 24.3 Å². The number of hydrogen-bond acceptors (Lipinski definition) is 2. The van der Waals surface area contributed by atoms with Gasteiger partial charge in [-0.15, -0.1) is 0 Å². The molecule has 0 bridgehead atoms. The number of urea groups is 1. The molecule has 0 aromatic heterocycles. The summed E-state index contributed by atoms with van der Waals surface area (Å²) in [6.07, 6.45) is 4.69. The van der Waals surface area contributed by atoms with Crippen molar-refractivity contribution in [1.29, 1.82) is 0 Å². The Hall–Kier alpha value is -2.04. The SMILES string of the molecule is Cc1cccc(NC(=O)NCCCN2CCCCCC2=O)c1.